The first-order chi connectivity index (χ1) is 13.9. The van der Waals surface area contributed by atoms with E-state index in [2.05, 4.69) is 38.2 Å². The third kappa shape index (κ3) is 5.25. The normalized spacial score (nSPS) is 19.0. The van der Waals surface area contributed by atoms with E-state index in [9.17, 15) is 9.59 Å². The molecule has 1 amide bonds. The van der Waals surface area contributed by atoms with Crippen molar-refractivity contribution in [3.8, 4) is 11.1 Å². The standard InChI is InChI=1S/C23H30N2O3S/c1-5-28-23(27)21-19(18-7-6-16(3)17(4)12-18)14-29-22(21)24-20(26)13-25-10-8-15(2)9-11-25/h6-7,12,14-15H,5,8-11,13H2,1-4H3,(H,24,26)/p+1. The highest BCUT2D eigenvalue weighted by Gasteiger charge is 2.25. The summed E-state index contributed by atoms with van der Waals surface area (Å²) in [5.74, 6) is 0.306. The maximum Gasteiger partial charge on any atom is 0.341 e. The molecule has 3 rings (SSSR count). The molecule has 1 aliphatic heterocycles. The van der Waals surface area contributed by atoms with Crippen molar-refractivity contribution >= 4 is 28.2 Å². The Labute approximate surface area is 177 Å². The van der Waals surface area contributed by atoms with Crippen LogP contribution in [0.2, 0.25) is 0 Å². The molecule has 2 aromatic rings. The Bertz CT molecular complexity index is 882. The van der Waals surface area contributed by atoms with E-state index >= 15 is 0 Å². The van der Waals surface area contributed by atoms with Crippen LogP contribution in [0.5, 0.6) is 0 Å². The first kappa shape index (κ1) is 21.5. The molecule has 2 N–H and O–H groups in total. The molecule has 0 atom stereocenters. The minimum Gasteiger partial charge on any atom is -0.462 e. The zero-order valence-electron chi connectivity index (χ0n) is 17.8. The van der Waals surface area contributed by atoms with Gasteiger partial charge in [0, 0.05) is 10.9 Å². The molecule has 29 heavy (non-hydrogen) atoms. The first-order valence-electron chi connectivity index (χ1n) is 10.4. The van der Waals surface area contributed by atoms with Gasteiger partial charge in [0.15, 0.2) is 6.54 Å². The van der Waals surface area contributed by atoms with Gasteiger partial charge in [-0.05, 0) is 56.2 Å². The second-order valence-electron chi connectivity index (χ2n) is 8.03. The molecule has 1 aliphatic rings. The van der Waals surface area contributed by atoms with E-state index in [0.29, 0.717) is 23.7 Å². The summed E-state index contributed by atoms with van der Waals surface area (Å²) >= 11 is 1.38. The van der Waals surface area contributed by atoms with Gasteiger partial charge in [0.05, 0.1) is 19.7 Å². The lowest BCUT2D eigenvalue weighted by Gasteiger charge is -2.26. The van der Waals surface area contributed by atoms with Crippen molar-refractivity contribution < 1.29 is 19.2 Å². The zero-order chi connectivity index (χ0) is 21.0. The summed E-state index contributed by atoms with van der Waals surface area (Å²) in [7, 11) is 0. The topological polar surface area (TPSA) is 59.8 Å². The van der Waals surface area contributed by atoms with Crippen molar-refractivity contribution in [1.82, 2.24) is 0 Å². The molecule has 0 spiro atoms. The molecule has 0 bridgehead atoms. The van der Waals surface area contributed by atoms with Crippen molar-refractivity contribution in [2.45, 2.75) is 40.5 Å². The fourth-order valence-electron chi connectivity index (χ4n) is 3.72. The Kier molecular flexibility index (Phi) is 7.09. The van der Waals surface area contributed by atoms with Crippen LogP contribution in [0, 0.1) is 19.8 Å². The minimum absolute atomic E-state index is 0.0476. The largest absolute Gasteiger partial charge is 0.462 e. The number of ether oxygens (including phenoxy) is 1. The van der Waals surface area contributed by atoms with Crippen molar-refractivity contribution in [3.05, 3.63) is 40.3 Å². The molecule has 1 fully saturated rings. The predicted octanol–water partition coefficient (Wildman–Crippen LogP) is 3.46. The van der Waals surface area contributed by atoms with Crippen LogP contribution in [0.4, 0.5) is 5.00 Å². The van der Waals surface area contributed by atoms with Crippen LogP contribution >= 0.6 is 11.3 Å². The van der Waals surface area contributed by atoms with Gasteiger partial charge < -0.3 is 15.0 Å². The third-order valence-electron chi connectivity index (χ3n) is 5.73. The van der Waals surface area contributed by atoms with E-state index in [0.717, 1.165) is 48.5 Å². The molecule has 2 heterocycles. The van der Waals surface area contributed by atoms with Crippen LogP contribution in [0.25, 0.3) is 11.1 Å². The fourth-order valence-corrected chi connectivity index (χ4v) is 4.70. The third-order valence-corrected chi connectivity index (χ3v) is 6.63. The van der Waals surface area contributed by atoms with Gasteiger partial charge in [0.1, 0.15) is 10.6 Å². The number of likely N-dealkylation sites (tertiary alicyclic amines) is 1. The van der Waals surface area contributed by atoms with E-state index in [1.54, 1.807) is 6.92 Å². The predicted molar refractivity (Wildman–Crippen MR) is 118 cm³/mol. The molecule has 0 radical (unpaired) electrons. The summed E-state index contributed by atoms with van der Waals surface area (Å²) in [5.41, 5.74) is 4.59. The van der Waals surface area contributed by atoms with Crippen LogP contribution in [0.3, 0.4) is 0 Å². The van der Waals surface area contributed by atoms with Crippen molar-refractivity contribution in [1.29, 1.82) is 0 Å². The van der Waals surface area contributed by atoms with Crippen LogP contribution in [-0.2, 0) is 9.53 Å². The van der Waals surface area contributed by atoms with Gasteiger partial charge in [0.2, 0.25) is 0 Å². The Morgan fingerprint density at radius 3 is 2.59 bits per heavy atom. The second kappa shape index (κ2) is 9.55. The summed E-state index contributed by atoms with van der Waals surface area (Å²) in [5, 5.41) is 5.49. The number of piperidine rings is 1. The number of quaternary nitrogens is 1. The quantitative estimate of drug-likeness (QED) is 0.711. The first-order valence-corrected chi connectivity index (χ1v) is 11.3. The van der Waals surface area contributed by atoms with Gasteiger partial charge in [-0.25, -0.2) is 4.79 Å². The Morgan fingerprint density at radius 2 is 1.93 bits per heavy atom. The Balaban J connectivity index is 1.82. The highest BCUT2D eigenvalue weighted by atomic mass is 32.1. The van der Waals surface area contributed by atoms with Crippen LogP contribution in [0.15, 0.2) is 23.6 Å². The number of carbonyl (C=O) groups is 2. The van der Waals surface area contributed by atoms with E-state index in [1.165, 1.54) is 21.8 Å². The summed E-state index contributed by atoms with van der Waals surface area (Å²) in [6.45, 7) is 11.0. The smallest absolute Gasteiger partial charge is 0.341 e. The number of hydrogen-bond donors (Lipinski definition) is 2. The summed E-state index contributed by atoms with van der Waals surface area (Å²) < 4.78 is 5.30. The van der Waals surface area contributed by atoms with Crippen molar-refractivity contribution in [2.75, 3.05) is 31.6 Å². The van der Waals surface area contributed by atoms with Crippen molar-refractivity contribution in [2.24, 2.45) is 5.92 Å². The lowest BCUT2D eigenvalue weighted by atomic mass is 9.99. The molecule has 1 saturated heterocycles. The maximum absolute atomic E-state index is 12.7. The molecule has 6 heteroatoms. The van der Waals surface area contributed by atoms with Crippen LogP contribution < -0.4 is 10.2 Å². The zero-order valence-corrected chi connectivity index (χ0v) is 18.6. The maximum atomic E-state index is 12.7. The minimum atomic E-state index is -0.392. The van der Waals surface area contributed by atoms with Gasteiger partial charge in [-0.2, -0.15) is 0 Å². The average Bonchev–Trinajstić information content (AvgIpc) is 3.09. The molecule has 0 saturated carbocycles. The number of rotatable bonds is 6. The molecule has 0 unspecified atom stereocenters. The molecule has 5 nitrogen and oxygen atoms in total. The van der Waals surface area contributed by atoms with Crippen LogP contribution in [-0.4, -0.2) is 38.1 Å². The van der Waals surface area contributed by atoms with Crippen molar-refractivity contribution in [3.63, 3.8) is 0 Å². The molecule has 156 valence electrons. The molecule has 1 aromatic heterocycles. The van der Waals surface area contributed by atoms with Gasteiger partial charge >= 0.3 is 5.97 Å². The SMILES string of the molecule is CCOC(=O)c1c(-c2ccc(C)c(C)c2)csc1NC(=O)C[NH+]1CCC(C)CC1. The molecule has 0 aliphatic carbocycles. The summed E-state index contributed by atoms with van der Waals surface area (Å²) in [6.07, 6.45) is 2.32. The molecular weight excluding hydrogens is 384 g/mol. The van der Waals surface area contributed by atoms with Gasteiger partial charge in [-0.1, -0.05) is 25.1 Å². The number of anilines is 1. The fraction of sp³-hybridized carbons (Fsp3) is 0.478. The number of esters is 1. The van der Waals surface area contributed by atoms with Crippen LogP contribution in [0.1, 0.15) is 48.2 Å². The molecule has 1 aromatic carbocycles. The van der Waals surface area contributed by atoms with E-state index in [1.807, 2.05) is 11.4 Å². The highest BCUT2D eigenvalue weighted by Crippen LogP contribution is 2.36. The Morgan fingerprint density at radius 1 is 1.21 bits per heavy atom. The number of nitrogens with one attached hydrogen (secondary N) is 2. The highest BCUT2D eigenvalue weighted by molar-refractivity contribution is 7.15. The molecular formula is C23H31N2O3S+. The number of benzene rings is 1. The summed E-state index contributed by atoms with van der Waals surface area (Å²) in [6, 6.07) is 6.14. The number of amides is 1. The lowest BCUT2D eigenvalue weighted by Crippen LogP contribution is -3.14. The average molecular weight is 416 g/mol. The summed E-state index contributed by atoms with van der Waals surface area (Å²) in [4.78, 5) is 26.7. The lowest BCUT2D eigenvalue weighted by molar-refractivity contribution is -0.897. The van der Waals surface area contributed by atoms with Gasteiger partial charge in [-0.3, -0.25) is 4.79 Å². The van der Waals surface area contributed by atoms with E-state index in [4.69, 9.17) is 4.74 Å². The second-order valence-corrected chi connectivity index (χ2v) is 8.91. The van der Waals surface area contributed by atoms with Gasteiger partial charge in [-0.15, -0.1) is 11.3 Å². The van der Waals surface area contributed by atoms with E-state index in [-0.39, 0.29) is 5.91 Å². The Hall–Kier alpha value is -2.18. The number of thiophene rings is 1. The van der Waals surface area contributed by atoms with Gasteiger partial charge in [0.25, 0.3) is 5.91 Å². The number of carbonyl (C=O) groups excluding carboxylic acids is 2. The number of aryl methyl sites for hydroxylation is 2. The monoisotopic (exact) mass is 415 g/mol. The van der Waals surface area contributed by atoms with E-state index < -0.39 is 5.97 Å². The number of hydrogen-bond acceptors (Lipinski definition) is 4.